The van der Waals surface area contributed by atoms with Gasteiger partial charge in [0.15, 0.2) is 0 Å². The Labute approximate surface area is 180 Å². The molecule has 160 valence electrons. The van der Waals surface area contributed by atoms with Crippen LogP contribution in [0.5, 0.6) is 0 Å². The standard InChI is InChI=1S/C24H25N3O4/c1-16-5-10-19(27(29)30)14-21(16)22-12-11-20(31-22)15-25-26-23(28)13-17-6-8-18(9-7-17)24(2,3)4/h5-12,14-15H,13H2,1-4H3,(H,26,28)/b25-15-. The second-order valence-electron chi connectivity index (χ2n) is 8.38. The number of non-ortho nitro benzene ring substituents is 1. The van der Waals surface area contributed by atoms with Crippen LogP contribution < -0.4 is 5.43 Å². The fourth-order valence-corrected chi connectivity index (χ4v) is 3.07. The fourth-order valence-electron chi connectivity index (χ4n) is 3.07. The molecule has 0 saturated heterocycles. The van der Waals surface area contributed by atoms with Gasteiger partial charge >= 0.3 is 0 Å². The van der Waals surface area contributed by atoms with Gasteiger partial charge < -0.3 is 4.42 Å². The number of hydrogen-bond donors (Lipinski definition) is 1. The number of nitrogens with zero attached hydrogens (tertiary/aromatic N) is 2. The molecule has 1 amide bonds. The van der Waals surface area contributed by atoms with Crippen molar-refractivity contribution in [3.63, 3.8) is 0 Å². The molecule has 1 aromatic heterocycles. The van der Waals surface area contributed by atoms with Gasteiger partial charge in [0.05, 0.1) is 17.6 Å². The van der Waals surface area contributed by atoms with Crippen molar-refractivity contribution in [3.05, 3.63) is 87.2 Å². The van der Waals surface area contributed by atoms with Gasteiger partial charge in [0.2, 0.25) is 5.91 Å². The number of furan rings is 1. The first kappa shape index (κ1) is 22.0. The lowest BCUT2D eigenvalue weighted by Crippen LogP contribution is -2.20. The first-order chi connectivity index (χ1) is 14.6. The van der Waals surface area contributed by atoms with E-state index in [0.29, 0.717) is 17.1 Å². The fraction of sp³-hybridized carbons (Fsp3) is 0.250. The zero-order chi connectivity index (χ0) is 22.6. The molecule has 31 heavy (non-hydrogen) atoms. The average Bonchev–Trinajstić information content (AvgIpc) is 3.16. The lowest BCUT2D eigenvalue weighted by atomic mass is 9.86. The van der Waals surface area contributed by atoms with E-state index >= 15 is 0 Å². The number of amides is 1. The van der Waals surface area contributed by atoms with Crippen LogP contribution >= 0.6 is 0 Å². The number of nitro groups is 1. The van der Waals surface area contributed by atoms with Crippen LogP contribution in [0.3, 0.4) is 0 Å². The van der Waals surface area contributed by atoms with Crippen molar-refractivity contribution in [1.29, 1.82) is 0 Å². The molecule has 0 unspecified atom stereocenters. The van der Waals surface area contributed by atoms with Gasteiger partial charge in [-0.05, 0) is 41.2 Å². The second kappa shape index (κ2) is 8.95. The molecular weight excluding hydrogens is 394 g/mol. The number of hydrogen-bond acceptors (Lipinski definition) is 5. The summed E-state index contributed by atoms with van der Waals surface area (Å²) >= 11 is 0. The summed E-state index contributed by atoms with van der Waals surface area (Å²) in [6.45, 7) is 8.28. The number of aryl methyl sites for hydroxylation is 1. The van der Waals surface area contributed by atoms with Crippen molar-refractivity contribution >= 4 is 17.8 Å². The van der Waals surface area contributed by atoms with Crippen molar-refractivity contribution in [1.82, 2.24) is 5.43 Å². The Morgan fingerprint density at radius 3 is 2.48 bits per heavy atom. The SMILES string of the molecule is Cc1ccc([N+](=O)[O-])cc1-c1ccc(/C=N\NC(=O)Cc2ccc(C(C)(C)C)cc2)o1. The van der Waals surface area contributed by atoms with Crippen LogP contribution in [0.1, 0.15) is 43.2 Å². The van der Waals surface area contributed by atoms with Crippen molar-refractivity contribution < 1.29 is 14.1 Å². The molecule has 0 aliphatic carbocycles. The maximum atomic E-state index is 12.1. The number of nitro benzene ring substituents is 1. The number of rotatable bonds is 6. The summed E-state index contributed by atoms with van der Waals surface area (Å²) < 4.78 is 5.71. The zero-order valence-corrected chi connectivity index (χ0v) is 18.0. The maximum Gasteiger partial charge on any atom is 0.270 e. The Morgan fingerprint density at radius 2 is 1.84 bits per heavy atom. The Balaban J connectivity index is 1.61. The summed E-state index contributed by atoms with van der Waals surface area (Å²) in [6.07, 6.45) is 1.62. The maximum absolute atomic E-state index is 12.1. The van der Waals surface area contributed by atoms with Gasteiger partial charge in [0, 0.05) is 17.7 Å². The highest BCUT2D eigenvalue weighted by molar-refractivity contribution is 5.82. The molecule has 3 rings (SSSR count). The van der Waals surface area contributed by atoms with Crippen LogP contribution in [0.15, 0.2) is 64.1 Å². The van der Waals surface area contributed by atoms with Crippen LogP contribution in [0.25, 0.3) is 11.3 Å². The molecule has 0 atom stereocenters. The highest BCUT2D eigenvalue weighted by Crippen LogP contribution is 2.28. The van der Waals surface area contributed by atoms with Crippen molar-refractivity contribution in [2.24, 2.45) is 5.10 Å². The van der Waals surface area contributed by atoms with Gasteiger partial charge in [-0.2, -0.15) is 5.10 Å². The molecule has 0 bridgehead atoms. The van der Waals surface area contributed by atoms with Crippen molar-refractivity contribution in [3.8, 4) is 11.3 Å². The first-order valence-corrected chi connectivity index (χ1v) is 9.90. The number of nitrogens with one attached hydrogen (secondary N) is 1. The van der Waals surface area contributed by atoms with Crippen molar-refractivity contribution in [2.75, 3.05) is 0 Å². The van der Waals surface area contributed by atoms with E-state index in [2.05, 4.69) is 31.3 Å². The van der Waals surface area contributed by atoms with Gasteiger partial charge in [-0.15, -0.1) is 0 Å². The lowest BCUT2D eigenvalue weighted by Gasteiger charge is -2.19. The van der Waals surface area contributed by atoms with E-state index < -0.39 is 4.92 Å². The number of carbonyl (C=O) groups excluding carboxylic acids is 1. The van der Waals surface area contributed by atoms with E-state index in [9.17, 15) is 14.9 Å². The van der Waals surface area contributed by atoms with Crippen LogP contribution in [0.2, 0.25) is 0 Å². The monoisotopic (exact) mass is 419 g/mol. The molecule has 0 radical (unpaired) electrons. The predicted octanol–water partition coefficient (Wildman–Crippen LogP) is 5.15. The van der Waals surface area contributed by atoms with Crippen LogP contribution in [-0.4, -0.2) is 17.0 Å². The van der Waals surface area contributed by atoms with E-state index in [-0.39, 0.29) is 23.4 Å². The van der Waals surface area contributed by atoms with E-state index in [1.54, 1.807) is 18.2 Å². The minimum Gasteiger partial charge on any atom is -0.455 e. The molecule has 7 heteroatoms. The number of hydrazone groups is 1. The van der Waals surface area contributed by atoms with Gasteiger partial charge in [-0.25, -0.2) is 5.43 Å². The molecule has 1 heterocycles. The summed E-state index contributed by atoms with van der Waals surface area (Å²) in [5, 5.41) is 15.0. The largest absolute Gasteiger partial charge is 0.455 e. The summed E-state index contributed by atoms with van der Waals surface area (Å²) in [5.41, 5.74) is 6.16. The molecule has 1 N–H and O–H groups in total. The molecule has 0 spiro atoms. The topological polar surface area (TPSA) is 97.7 Å². The Kier molecular flexibility index (Phi) is 6.34. The Morgan fingerprint density at radius 1 is 1.13 bits per heavy atom. The zero-order valence-electron chi connectivity index (χ0n) is 18.0. The average molecular weight is 419 g/mol. The van der Waals surface area contributed by atoms with Gasteiger partial charge in [0.1, 0.15) is 11.5 Å². The summed E-state index contributed by atoms with van der Waals surface area (Å²) in [7, 11) is 0. The van der Waals surface area contributed by atoms with Gasteiger partial charge in [0.25, 0.3) is 5.69 Å². The Hall–Kier alpha value is -3.74. The van der Waals surface area contributed by atoms with Crippen molar-refractivity contribution in [2.45, 2.75) is 39.5 Å². The molecule has 3 aromatic rings. The summed E-state index contributed by atoms with van der Waals surface area (Å²) in [6, 6.07) is 16.0. The summed E-state index contributed by atoms with van der Waals surface area (Å²) in [5.74, 6) is 0.685. The van der Waals surface area contributed by atoms with E-state index in [1.165, 1.54) is 23.9 Å². The molecule has 2 aromatic carbocycles. The minimum atomic E-state index is -0.444. The Bertz CT molecular complexity index is 1120. The predicted molar refractivity (Wildman–Crippen MR) is 120 cm³/mol. The third-order valence-corrected chi connectivity index (χ3v) is 4.89. The molecule has 0 saturated carbocycles. The normalized spacial score (nSPS) is 11.6. The number of benzene rings is 2. The quantitative estimate of drug-likeness (QED) is 0.339. The van der Waals surface area contributed by atoms with Gasteiger partial charge in [-0.3, -0.25) is 14.9 Å². The molecule has 0 aliphatic heterocycles. The number of carbonyl (C=O) groups is 1. The van der Waals surface area contributed by atoms with E-state index in [4.69, 9.17) is 4.42 Å². The molecular formula is C24H25N3O4. The van der Waals surface area contributed by atoms with Gasteiger partial charge in [-0.1, -0.05) is 51.1 Å². The third-order valence-electron chi connectivity index (χ3n) is 4.89. The van der Waals surface area contributed by atoms with E-state index in [1.807, 2.05) is 31.2 Å². The minimum absolute atomic E-state index is 0.00462. The van der Waals surface area contributed by atoms with Crippen LogP contribution in [-0.2, 0) is 16.6 Å². The highest BCUT2D eigenvalue weighted by atomic mass is 16.6. The van der Waals surface area contributed by atoms with E-state index in [0.717, 1.165) is 11.1 Å². The third kappa shape index (κ3) is 5.66. The smallest absolute Gasteiger partial charge is 0.270 e. The molecule has 0 aliphatic rings. The second-order valence-corrected chi connectivity index (χ2v) is 8.38. The first-order valence-electron chi connectivity index (χ1n) is 9.90. The van der Waals surface area contributed by atoms with Crippen LogP contribution in [0.4, 0.5) is 5.69 Å². The van der Waals surface area contributed by atoms with Crippen LogP contribution in [0, 0.1) is 17.0 Å². The molecule has 7 nitrogen and oxygen atoms in total. The lowest BCUT2D eigenvalue weighted by molar-refractivity contribution is -0.384. The summed E-state index contributed by atoms with van der Waals surface area (Å²) in [4.78, 5) is 22.7. The molecule has 0 fully saturated rings. The highest BCUT2D eigenvalue weighted by Gasteiger charge is 2.14.